The Morgan fingerprint density at radius 2 is 2.12 bits per heavy atom. The second kappa shape index (κ2) is 7.63. The first-order valence-corrected chi connectivity index (χ1v) is 8.15. The predicted molar refractivity (Wildman–Crippen MR) is 84.4 cm³/mol. The van der Waals surface area contributed by atoms with Gasteiger partial charge < -0.3 is 18.9 Å². The van der Waals surface area contributed by atoms with Crippen molar-refractivity contribution >= 4 is 12.1 Å². The van der Waals surface area contributed by atoms with Crippen LogP contribution in [0.4, 0.5) is 4.79 Å². The van der Waals surface area contributed by atoms with Crippen LogP contribution in [0.3, 0.4) is 0 Å². The highest BCUT2D eigenvalue weighted by Crippen LogP contribution is 2.26. The Hall–Kier alpha value is -2.12. The van der Waals surface area contributed by atoms with Gasteiger partial charge in [0.1, 0.15) is 5.60 Å². The quantitative estimate of drug-likeness (QED) is 0.777. The number of methoxy groups -OCH3 is 1. The number of piperidine rings is 1. The first-order chi connectivity index (χ1) is 11.3. The molecule has 2 rings (SSSR count). The van der Waals surface area contributed by atoms with Crippen molar-refractivity contribution < 1.29 is 23.6 Å². The third-order valence-corrected chi connectivity index (χ3v) is 3.69. The van der Waals surface area contributed by atoms with Crippen LogP contribution in [0.5, 0.6) is 0 Å². The summed E-state index contributed by atoms with van der Waals surface area (Å²) in [5.41, 5.74) is -0.517. The van der Waals surface area contributed by atoms with Gasteiger partial charge in [0.25, 0.3) is 0 Å². The van der Waals surface area contributed by atoms with Crippen LogP contribution in [0.15, 0.2) is 4.52 Å². The van der Waals surface area contributed by atoms with E-state index >= 15 is 0 Å². The Bertz CT molecular complexity index is 579. The molecule has 134 valence electrons. The molecule has 1 saturated heterocycles. The largest absolute Gasteiger partial charge is 0.469 e. The van der Waals surface area contributed by atoms with E-state index in [4.69, 9.17) is 9.26 Å². The highest BCUT2D eigenvalue weighted by atomic mass is 16.6. The fourth-order valence-electron chi connectivity index (χ4n) is 2.53. The molecule has 1 aliphatic rings. The third-order valence-electron chi connectivity index (χ3n) is 3.69. The molecule has 0 aromatic carbocycles. The number of hydrogen-bond acceptors (Lipinski definition) is 7. The van der Waals surface area contributed by atoms with Gasteiger partial charge in [-0.05, 0) is 33.6 Å². The lowest BCUT2D eigenvalue weighted by molar-refractivity contribution is -0.140. The zero-order valence-corrected chi connectivity index (χ0v) is 14.7. The minimum absolute atomic E-state index is 0.0156. The van der Waals surface area contributed by atoms with Gasteiger partial charge in [-0.2, -0.15) is 4.98 Å². The van der Waals surface area contributed by atoms with E-state index in [0.717, 1.165) is 12.8 Å². The molecule has 0 bridgehead atoms. The number of aryl methyl sites for hydroxylation is 1. The number of ether oxygens (including phenoxy) is 2. The van der Waals surface area contributed by atoms with Crippen LogP contribution in [-0.2, 0) is 20.7 Å². The Morgan fingerprint density at radius 1 is 1.38 bits per heavy atom. The molecule has 1 aliphatic heterocycles. The molecule has 0 saturated carbocycles. The second-order valence-corrected chi connectivity index (χ2v) is 6.89. The SMILES string of the molecule is COC(=O)CCc1nc(C2CCCN(C(=O)OC(C)(C)C)C2)no1. The molecule has 1 atom stereocenters. The average molecular weight is 339 g/mol. The number of aromatic nitrogens is 2. The van der Waals surface area contributed by atoms with E-state index < -0.39 is 5.60 Å². The highest BCUT2D eigenvalue weighted by molar-refractivity contribution is 5.69. The van der Waals surface area contributed by atoms with E-state index in [1.165, 1.54) is 7.11 Å². The maximum absolute atomic E-state index is 12.2. The number of likely N-dealkylation sites (tertiary alicyclic amines) is 1. The molecular formula is C16H25N3O5. The molecule has 1 aromatic heterocycles. The van der Waals surface area contributed by atoms with Crippen LogP contribution in [0, 0.1) is 0 Å². The predicted octanol–water partition coefficient (Wildman–Crippen LogP) is 2.29. The number of amides is 1. The third kappa shape index (κ3) is 5.21. The van der Waals surface area contributed by atoms with Gasteiger partial charge in [0.15, 0.2) is 5.82 Å². The molecule has 1 amide bonds. The fourth-order valence-corrected chi connectivity index (χ4v) is 2.53. The van der Waals surface area contributed by atoms with Crippen molar-refractivity contribution in [3.63, 3.8) is 0 Å². The van der Waals surface area contributed by atoms with Gasteiger partial charge in [0, 0.05) is 25.4 Å². The molecule has 1 unspecified atom stereocenters. The number of hydrogen-bond donors (Lipinski definition) is 0. The minimum Gasteiger partial charge on any atom is -0.469 e. The first kappa shape index (κ1) is 18.2. The smallest absolute Gasteiger partial charge is 0.410 e. The van der Waals surface area contributed by atoms with E-state index in [1.807, 2.05) is 20.8 Å². The monoisotopic (exact) mass is 339 g/mol. The van der Waals surface area contributed by atoms with Crippen LogP contribution >= 0.6 is 0 Å². The summed E-state index contributed by atoms with van der Waals surface area (Å²) in [5.74, 6) is 0.679. The zero-order chi connectivity index (χ0) is 17.7. The Balaban J connectivity index is 1.93. The Kier molecular flexibility index (Phi) is 5.80. The molecule has 1 aromatic rings. The lowest BCUT2D eigenvalue weighted by Crippen LogP contribution is -2.42. The molecule has 0 N–H and O–H groups in total. The summed E-state index contributed by atoms with van der Waals surface area (Å²) in [5, 5.41) is 3.99. The zero-order valence-electron chi connectivity index (χ0n) is 14.7. The number of carbonyl (C=O) groups excluding carboxylic acids is 2. The van der Waals surface area contributed by atoms with Crippen molar-refractivity contribution in [1.29, 1.82) is 0 Å². The highest BCUT2D eigenvalue weighted by Gasteiger charge is 2.30. The van der Waals surface area contributed by atoms with Crippen LogP contribution in [0.25, 0.3) is 0 Å². The van der Waals surface area contributed by atoms with E-state index in [2.05, 4.69) is 14.9 Å². The van der Waals surface area contributed by atoms with Gasteiger partial charge in [0.05, 0.1) is 13.5 Å². The number of carbonyl (C=O) groups is 2. The van der Waals surface area contributed by atoms with Gasteiger partial charge in [0.2, 0.25) is 5.89 Å². The van der Waals surface area contributed by atoms with Crippen molar-refractivity contribution in [2.45, 2.75) is 58.0 Å². The molecule has 0 radical (unpaired) electrons. The van der Waals surface area contributed by atoms with Gasteiger partial charge in [-0.1, -0.05) is 5.16 Å². The second-order valence-electron chi connectivity index (χ2n) is 6.89. The van der Waals surface area contributed by atoms with Crippen molar-refractivity contribution in [2.75, 3.05) is 20.2 Å². The molecule has 1 fully saturated rings. The number of rotatable bonds is 4. The standard InChI is InChI=1S/C16H25N3O5/c1-16(2,3)23-15(21)19-9-5-6-11(10-19)14-17-12(24-18-14)7-8-13(20)22-4/h11H,5-10H2,1-4H3. The van der Waals surface area contributed by atoms with Crippen LogP contribution < -0.4 is 0 Å². The van der Waals surface area contributed by atoms with E-state index in [-0.39, 0.29) is 24.4 Å². The maximum atomic E-state index is 12.2. The first-order valence-electron chi connectivity index (χ1n) is 8.15. The van der Waals surface area contributed by atoms with E-state index in [0.29, 0.717) is 31.2 Å². The number of nitrogens with zero attached hydrogens (tertiary/aromatic N) is 3. The molecule has 0 spiro atoms. The van der Waals surface area contributed by atoms with Gasteiger partial charge in [-0.15, -0.1) is 0 Å². The lowest BCUT2D eigenvalue weighted by Gasteiger charge is -2.32. The van der Waals surface area contributed by atoms with Crippen molar-refractivity contribution in [2.24, 2.45) is 0 Å². The van der Waals surface area contributed by atoms with Gasteiger partial charge in [-0.25, -0.2) is 4.79 Å². The summed E-state index contributed by atoms with van der Waals surface area (Å²) in [6.45, 7) is 6.71. The summed E-state index contributed by atoms with van der Waals surface area (Å²) in [4.78, 5) is 29.4. The summed E-state index contributed by atoms with van der Waals surface area (Å²) >= 11 is 0. The van der Waals surface area contributed by atoms with Crippen molar-refractivity contribution in [1.82, 2.24) is 15.0 Å². The van der Waals surface area contributed by atoms with Crippen molar-refractivity contribution in [3.8, 4) is 0 Å². The molecular weight excluding hydrogens is 314 g/mol. The topological polar surface area (TPSA) is 94.8 Å². The maximum Gasteiger partial charge on any atom is 0.410 e. The Morgan fingerprint density at radius 3 is 2.79 bits per heavy atom. The lowest BCUT2D eigenvalue weighted by atomic mass is 9.98. The van der Waals surface area contributed by atoms with E-state index in [1.54, 1.807) is 4.90 Å². The molecule has 24 heavy (non-hydrogen) atoms. The summed E-state index contributed by atoms with van der Waals surface area (Å²) < 4.78 is 15.2. The van der Waals surface area contributed by atoms with Gasteiger partial charge >= 0.3 is 12.1 Å². The molecule has 8 heteroatoms. The average Bonchev–Trinajstić information content (AvgIpc) is 3.00. The van der Waals surface area contributed by atoms with Crippen LogP contribution in [-0.4, -0.2) is 52.9 Å². The summed E-state index contributed by atoms with van der Waals surface area (Å²) in [7, 11) is 1.34. The molecule has 0 aliphatic carbocycles. The summed E-state index contributed by atoms with van der Waals surface area (Å²) in [6, 6.07) is 0. The Labute approximate surface area is 141 Å². The minimum atomic E-state index is -0.517. The van der Waals surface area contributed by atoms with Crippen LogP contribution in [0.2, 0.25) is 0 Å². The van der Waals surface area contributed by atoms with Crippen molar-refractivity contribution in [3.05, 3.63) is 11.7 Å². The normalized spacial score (nSPS) is 18.3. The van der Waals surface area contributed by atoms with Gasteiger partial charge in [-0.3, -0.25) is 4.79 Å². The molecule has 8 nitrogen and oxygen atoms in total. The molecule has 2 heterocycles. The van der Waals surface area contributed by atoms with Crippen LogP contribution in [0.1, 0.15) is 57.7 Å². The summed E-state index contributed by atoms with van der Waals surface area (Å²) in [6.07, 6.45) is 1.97. The number of esters is 1. The van der Waals surface area contributed by atoms with E-state index in [9.17, 15) is 9.59 Å². The fraction of sp³-hybridized carbons (Fsp3) is 0.750.